The number of hydrogen-bond acceptors (Lipinski definition) is 3. The van der Waals surface area contributed by atoms with Gasteiger partial charge in [-0.3, -0.25) is 20.2 Å². The summed E-state index contributed by atoms with van der Waals surface area (Å²) in [6.07, 6.45) is 1.57. The van der Waals surface area contributed by atoms with E-state index in [0.29, 0.717) is 21.2 Å². The first-order chi connectivity index (χ1) is 11.1. The van der Waals surface area contributed by atoms with E-state index < -0.39 is 0 Å². The first-order valence-electron chi connectivity index (χ1n) is 6.83. The molecule has 1 aromatic heterocycles. The van der Waals surface area contributed by atoms with Crippen LogP contribution in [0.4, 0.5) is 5.69 Å². The third-order valence-corrected chi connectivity index (χ3v) is 3.70. The minimum absolute atomic E-state index is 0.318. The molecule has 5 nitrogen and oxygen atoms in total. The third kappa shape index (κ3) is 3.44. The molecule has 0 atom stereocenters. The number of halogens is 1. The van der Waals surface area contributed by atoms with Gasteiger partial charge in [0.05, 0.1) is 5.69 Å². The summed E-state index contributed by atoms with van der Waals surface area (Å²) in [6.45, 7) is 0. The lowest BCUT2D eigenvalue weighted by Crippen LogP contribution is -2.30. The van der Waals surface area contributed by atoms with Crippen LogP contribution in [0.2, 0.25) is 5.02 Å². The topological polar surface area (TPSA) is 61.9 Å². The van der Waals surface area contributed by atoms with Crippen LogP contribution in [0.1, 0.15) is 10.5 Å². The molecule has 0 aliphatic rings. The molecule has 1 heterocycles. The number of carbonyl (C=O) groups is 1. The number of para-hydroxylation sites is 1. The molecule has 23 heavy (non-hydrogen) atoms. The van der Waals surface area contributed by atoms with Crippen LogP contribution in [-0.2, 0) is 0 Å². The van der Waals surface area contributed by atoms with Gasteiger partial charge in [-0.05, 0) is 42.5 Å². The number of H-pyrrole nitrogens is 1. The van der Waals surface area contributed by atoms with E-state index in [-0.39, 0.29) is 5.91 Å². The normalized spacial score (nSPS) is 10.3. The molecule has 2 aromatic carbocycles. The predicted molar refractivity (Wildman–Crippen MR) is 93.5 cm³/mol. The molecule has 7 heteroatoms. The molecule has 3 N–H and O–H groups in total. The Morgan fingerprint density at radius 1 is 1.13 bits per heavy atom. The number of rotatable bonds is 4. The second kappa shape index (κ2) is 6.68. The van der Waals surface area contributed by atoms with Crippen LogP contribution in [0.15, 0.2) is 60.8 Å². The Balaban J connectivity index is 1.82. The van der Waals surface area contributed by atoms with Crippen molar-refractivity contribution in [3.8, 4) is 5.69 Å². The fourth-order valence-corrected chi connectivity index (χ4v) is 2.58. The molecule has 116 valence electrons. The molecule has 1 amide bonds. The SMILES string of the molecule is O=C(NNc1cccc(Cl)c1)c1c[nH]c(=S)n1-c1ccccc1. The van der Waals surface area contributed by atoms with Crippen molar-refractivity contribution >= 4 is 35.4 Å². The molecule has 0 bridgehead atoms. The molecule has 0 aliphatic heterocycles. The second-order valence-corrected chi connectivity index (χ2v) is 5.56. The summed E-state index contributed by atoms with van der Waals surface area (Å²) in [4.78, 5) is 15.3. The maximum absolute atomic E-state index is 12.4. The summed E-state index contributed by atoms with van der Waals surface area (Å²) < 4.78 is 2.12. The van der Waals surface area contributed by atoms with Crippen LogP contribution in [0.5, 0.6) is 0 Å². The lowest BCUT2D eigenvalue weighted by Gasteiger charge is -2.11. The molecular formula is C16H13ClN4OS. The van der Waals surface area contributed by atoms with Gasteiger partial charge in [-0.2, -0.15) is 0 Å². The van der Waals surface area contributed by atoms with Gasteiger partial charge in [0.25, 0.3) is 5.91 Å². The summed E-state index contributed by atoms with van der Waals surface area (Å²) >= 11 is 11.2. The largest absolute Gasteiger partial charge is 0.336 e. The van der Waals surface area contributed by atoms with E-state index >= 15 is 0 Å². The van der Waals surface area contributed by atoms with E-state index in [1.54, 1.807) is 35.0 Å². The predicted octanol–water partition coefficient (Wildman–Crippen LogP) is 3.95. The number of benzene rings is 2. The minimum atomic E-state index is -0.318. The second-order valence-electron chi connectivity index (χ2n) is 4.74. The fraction of sp³-hybridized carbons (Fsp3) is 0. The minimum Gasteiger partial charge on any atom is -0.336 e. The van der Waals surface area contributed by atoms with Crippen molar-refractivity contribution in [3.05, 3.63) is 76.3 Å². The van der Waals surface area contributed by atoms with Crippen molar-refractivity contribution < 1.29 is 4.79 Å². The number of hydrazine groups is 1. The van der Waals surface area contributed by atoms with Crippen LogP contribution in [0.25, 0.3) is 5.69 Å². The molecule has 0 aliphatic carbocycles. The molecule has 0 unspecified atom stereocenters. The van der Waals surface area contributed by atoms with Gasteiger partial charge in [0.15, 0.2) is 4.77 Å². The molecular weight excluding hydrogens is 332 g/mol. The zero-order valence-electron chi connectivity index (χ0n) is 11.9. The highest BCUT2D eigenvalue weighted by Gasteiger charge is 2.14. The quantitative estimate of drug-likeness (QED) is 0.496. The van der Waals surface area contributed by atoms with E-state index in [0.717, 1.165) is 5.69 Å². The van der Waals surface area contributed by atoms with Crippen molar-refractivity contribution in [2.75, 3.05) is 5.43 Å². The Bertz CT molecular complexity index is 888. The van der Waals surface area contributed by atoms with Crippen molar-refractivity contribution in [2.24, 2.45) is 0 Å². The summed E-state index contributed by atoms with van der Waals surface area (Å²) in [5, 5.41) is 0.582. The monoisotopic (exact) mass is 344 g/mol. The Kier molecular flexibility index (Phi) is 4.45. The molecule has 3 aromatic rings. The van der Waals surface area contributed by atoms with Gasteiger partial charge in [0, 0.05) is 16.9 Å². The zero-order chi connectivity index (χ0) is 16.2. The number of carbonyl (C=O) groups excluding carboxylic acids is 1. The van der Waals surface area contributed by atoms with Gasteiger partial charge in [0.2, 0.25) is 0 Å². The molecule has 0 saturated heterocycles. The first-order valence-corrected chi connectivity index (χ1v) is 7.61. The number of imidazole rings is 1. The Morgan fingerprint density at radius 2 is 1.91 bits per heavy atom. The summed E-state index contributed by atoms with van der Waals surface area (Å²) in [7, 11) is 0. The average molecular weight is 345 g/mol. The number of nitrogens with zero attached hydrogens (tertiary/aromatic N) is 1. The molecule has 0 radical (unpaired) electrons. The van der Waals surface area contributed by atoms with Gasteiger partial charge < -0.3 is 4.98 Å². The first kappa shape index (κ1) is 15.3. The van der Waals surface area contributed by atoms with Crippen molar-refractivity contribution in [1.82, 2.24) is 15.0 Å². The van der Waals surface area contributed by atoms with Crippen LogP contribution < -0.4 is 10.9 Å². The van der Waals surface area contributed by atoms with Gasteiger partial charge >= 0.3 is 0 Å². The highest BCUT2D eigenvalue weighted by Crippen LogP contribution is 2.15. The summed E-state index contributed by atoms with van der Waals surface area (Å²) in [5.74, 6) is -0.318. The van der Waals surface area contributed by atoms with Crippen LogP contribution in [-0.4, -0.2) is 15.5 Å². The Morgan fingerprint density at radius 3 is 2.65 bits per heavy atom. The van der Waals surface area contributed by atoms with Gasteiger partial charge in [-0.25, -0.2) is 0 Å². The molecule has 0 spiro atoms. The van der Waals surface area contributed by atoms with Crippen LogP contribution >= 0.6 is 23.8 Å². The molecule has 0 fully saturated rings. The van der Waals surface area contributed by atoms with Crippen molar-refractivity contribution in [1.29, 1.82) is 0 Å². The number of nitrogens with one attached hydrogen (secondary N) is 3. The lowest BCUT2D eigenvalue weighted by molar-refractivity contribution is 0.0956. The number of aromatic amines is 1. The standard InChI is InChI=1S/C16H13ClN4OS/c17-11-5-4-6-12(9-11)19-20-15(22)14-10-18-16(23)21(14)13-7-2-1-3-8-13/h1-10,19H,(H,18,23)(H,20,22). The lowest BCUT2D eigenvalue weighted by atomic mass is 10.3. The number of aromatic nitrogens is 2. The average Bonchev–Trinajstić information content (AvgIpc) is 2.95. The van der Waals surface area contributed by atoms with Crippen LogP contribution in [0.3, 0.4) is 0 Å². The van der Waals surface area contributed by atoms with E-state index in [9.17, 15) is 4.79 Å². The molecule has 0 saturated carbocycles. The number of hydrogen-bond donors (Lipinski definition) is 3. The highest BCUT2D eigenvalue weighted by molar-refractivity contribution is 7.71. The highest BCUT2D eigenvalue weighted by atomic mass is 35.5. The van der Waals surface area contributed by atoms with Crippen LogP contribution in [0, 0.1) is 4.77 Å². The zero-order valence-corrected chi connectivity index (χ0v) is 13.5. The van der Waals surface area contributed by atoms with Gasteiger partial charge in [-0.15, -0.1) is 0 Å². The van der Waals surface area contributed by atoms with E-state index in [1.165, 1.54) is 0 Å². The van der Waals surface area contributed by atoms with Crippen molar-refractivity contribution in [2.45, 2.75) is 0 Å². The van der Waals surface area contributed by atoms with E-state index in [1.807, 2.05) is 30.3 Å². The smallest absolute Gasteiger partial charge is 0.288 e. The Hall–Kier alpha value is -2.57. The maximum atomic E-state index is 12.4. The van der Waals surface area contributed by atoms with Gasteiger partial charge in [-0.1, -0.05) is 35.9 Å². The molecule has 3 rings (SSSR count). The van der Waals surface area contributed by atoms with E-state index in [2.05, 4.69) is 15.8 Å². The summed E-state index contributed by atoms with van der Waals surface area (Å²) in [6, 6.07) is 16.5. The van der Waals surface area contributed by atoms with Crippen molar-refractivity contribution in [3.63, 3.8) is 0 Å². The van der Waals surface area contributed by atoms with E-state index in [4.69, 9.17) is 23.8 Å². The maximum Gasteiger partial charge on any atom is 0.288 e. The summed E-state index contributed by atoms with van der Waals surface area (Å²) in [5.41, 5.74) is 7.35. The number of anilines is 1. The van der Waals surface area contributed by atoms with Gasteiger partial charge in [0.1, 0.15) is 5.69 Å². The Labute approximate surface area is 142 Å². The fourth-order valence-electron chi connectivity index (χ4n) is 2.13. The number of amides is 1. The third-order valence-electron chi connectivity index (χ3n) is 3.17.